The van der Waals surface area contributed by atoms with Crippen molar-refractivity contribution in [3.8, 4) is 17.3 Å². The Labute approximate surface area is 263 Å². The Morgan fingerprint density at radius 2 is 1.80 bits per heavy atom. The highest BCUT2D eigenvalue weighted by atomic mass is 32.1. The molecule has 7 heterocycles. The lowest BCUT2D eigenvalue weighted by Gasteiger charge is -2.37. The Hall–Kier alpha value is -3.42. The summed E-state index contributed by atoms with van der Waals surface area (Å²) in [5.74, 6) is 0.277. The molecule has 0 radical (unpaired) electrons. The van der Waals surface area contributed by atoms with Gasteiger partial charge in [0.15, 0.2) is 5.13 Å². The molecule has 0 amide bonds. The van der Waals surface area contributed by atoms with Gasteiger partial charge in [0.1, 0.15) is 23.2 Å². The number of nitrogens with one attached hydrogen (secondary N) is 1. The van der Waals surface area contributed by atoms with Crippen LogP contribution in [0, 0.1) is 5.82 Å². The molecule has 3 aromatic heterocycles. The fourth-order valence-corrected chi connectivity index (χ4v) is 8.79. The fourth-order valence-electron chi connectivity index (χ4n) is 8.03. The molecule has 238 valence electrons. The smallest absolute Gasteiger partial charge is 0.318 e. The van der Waals surface area contributed by atoms with Gasteiger partial charge in [0, 0.05) is 49.4 Å². The molecule has 1 aromatic carbocycles. The summed E-state index contributed by atoms with van der Waals surface area (Å²) in [5.41, 5.74) is 8.16. The summed E-state index contributed by atoms with van der Waals surface area (Å²) in [7, 11) is 1.54. The molecule has 1 saturated carbocycles. The maximum absolute atomic E-state index is 14.6. The number of aromatic nitrogens is 4. The van der Waals surface area contributed by atoms with E-state index in [0.29, 0.717) is 50.8 Å². The van der Waals surface area contributed by atoms with E-state index >= 15 is 0 Å². The van der Waals surface area contributed by atoms with Crippen LogP contribution in [0.15, 0.2) is 23.0 Å². The number of pyridine rings is 1. The number of ether oxygens (including phenoxy) is 1. The highest BCUT2D eigenvalue weighted by molar-refractivity contribution is 7.22. The van der Waals surface area contributed by atoms with Crippen LogP contribution in [0.5, 0.6) is 6.01 Å². The number of halogens is 2. The van der Waals surface area contributed by atoms with Crippen molar-refractivity contribution in [3.05, 3.63) is 34.4 Å². The van der Waals surface area contributed by atoms with Gasteiger partial charge in [0.2, 0.25) is 0 Å². The van der Waals surface area contributed by atoms with E-state index < -0.39 is 6.17 Å². The van der Waals surface area contributed by atoms with Crippen molar-refractivity contribution in [1.29, 1.82) is 0 Å². The highest BCUT2D eigenvalue weighted by Gasteiger charge is 2.40. The molecule has 10 nitrogen and oxygen atoms in total. The molecule has 45 heavy (non-hydrogen) atoms. The third-order valence-electron chi connectivity index (χ3n) is 10.4. The van der Waals surface area contributed by atoms with Crippen molar-refractivity contribution in [2.75, 3.05) is 43.9 Å². The van der Waals surface area contributed by atoms with Crippen LogP contribution in [-0.2, 0) is 0 Å². The van der Waals surface area contributed by atoms with E-state index in [0.717, 1.165) is 69.5 Å². The van der Waals surface area contributed by atoms with Gasteiger partial charge in [0.25, 0.3) is 5.56 Å². The predicted octanol–water partition coefficient (Wildman–Crippen LogP) is 4.66. The minimum atomic E-state index is -0.518. The molecule has 0 spiro atoms. The number of alkyl halides is 1. The SMILES string of the molecule is COc1nc(N2C3CCC2CNC3)c2c(=O)n(C3CCC3)c(-c3ccc(F)c4sc(N)nc34)cc2n1.FC1CC2CCCN2C1. The summed E-state index contributed by atoms with van der Waals surface area (Å²) in [6, 6.07) is 6.46. The van der Waals surface area contributed by atoms with E-state index in [-0.39, 0.29) is 40.6 Å². The summed E-state index contributed by atoms with van der Waals surface area (Å²) in [6.07, 6.45) is 7.80. The minimum Gasteiger partial charge on any atom is -0.467 e. The van der Waals surface area contributed by atoms with Crippen LogP contribution >= 0.6 is 11.3 Å². The van der Waals surface area contributed by atoms with E-state index in [9.17, 15) is 13.6 Å². The van der Waals surface area contributed by atoms with Gasteiger partial charge in [-0.05, 0) is 76.1 Å². The van der Waals surface area contributed by atoms with Crippen molar-refractivity contribution in [2.24, 2.45) is 0 Å². The minimum absolute atomic E-state index is 0.0580. The van der Waals surface area contributed by atoms with Crippen LogP contribution in [0.2, 0.25) is 0 Å². The largest absolute Gasteiger partial charge is 0.467 e. The van der Waals surface area contributed by atoms with Gasteiger partial charge in [-0.25, -0.2) is 13.8 Å². The Morgan fingerprint density at radius 1 is 1.02 bits per heavy atom. The van der Waals surface area contributed by atoms with E-state index in [4.69, 9.17) is 15.5 Å². The van der Waals surface area contributed by atoms with Gasteiger partial charge in [-0.3, -0.25) is 9.69 Å². The van der Waals surface area contributed by atoms with Crippen molar-refractivity contribution in [3.63, 3.8) is 0 Å². The number of anilines is 2. The van der Waals surface area contributed by atoms with Gasteiger partial charge in [-0.2, -0.15) is 9.97 Å². The summed E-state index contributed by atoms with van der Waals surface area (Å²) < 4.78 is 34.9. The Balaban J connectivity index is 0.000000286. The molecule has 2 bridgehead atoms. The summed E-state index contributed by atoms with van der Waals surface area (Å²) in [6.45, 7) is 3.58. The molecule has 5 fully saturated rings. The Morgan fingerprint density at radius 3 is 2.51 bits per heavy atom. The van der Waals surface area contributed by atoms with E-state index in [1.807, 2.05) is 10.6 Å². The van der Waals surface area contributed by atoms with Crippen LogP contribution in [0.4, 0.5) is 19.7 Å². The first-order valence-corrected chi connectivity index (χ1v) is 16.9. The number of nitrogens with two attached hydrogens (primary N) is 1. The second-order valence-corrected chi connectivity index (χ2v) is 14.0. The van der Waals surface area contributed by atoms with E-state index in [1.165, 1.54) is 26.0 Å². The molecule has 4 saturated heterocycles. The first-order chi connectivity index (χ1) is 21.9. The number of nitrogen functional groups attached to an aromatic ring is 1. The zero-order valence-corrected chi connectivity index (χ0v) is 26.2. The molecule has 4 aliphatic heterocycles. The van der Waals surface area contributed by atoms with Gasteiger partial charge in [-0.1, -0.05) is 11.3 Å². The van der Waals surface area contributed by atoms with Crippen molar-refractivity contribution < 1.29 is 13.5 Å². The highest BCUT2D eigenvalue weighted by Crippen LogP contribution is 2.41. The number of rotatable bonds is 4. The Bertz CT molecular complexity index is 1800. The summed E-state index contributed by atoms with van der Waals surface area (Å²) >= 11 is 1.11. The first kappa shape index (κ1) is 29.0. The lowest BCUT2D eigenvalue weighted by molar-refractivity contribution is 0.292. The number of piperazine rings is 1. The number of hydrogen-bond donors (Lipinski definition) is 2. The zero-order chi connectivity index (χ0) is 30.8. The standard InChI is InChI=1S/C25H26FN7O2S.C7H12FN/c1-35-25-29-17-9-18(15-7-8-16(26)21-20(15)30-24(27)36-21)33(12-3-2-4-12)23(34)19(17)22(31-25)32-13-5-6-14(32)11-28-10-13;8-6-4-7-2-1-3-9(7)5-6/h7-9,12-14,28H,2-6,10-11H2,1H3,(H2,27,30);6-7H,1-5H2. The van der Waals surface area contributed by atoms with Crippen molar-refractivity contribution in [1.82, 2.24) is 29.7 Å². The third-order valence-corrected chi connectivity index (χ3v) is 11.3. The molecule has 5 aliphatic rings. The number of hydrogen-bond acceptors (Lipinski definition) is 10. The van der Waals surface area contributed by atoms with E-state index in [2.05, 4.69) is 25.1 Å². The molecular weight excluding hydrogens is 598 g/mol. The second kappa shape index (κ2) is 11.4. The molecule has 4 atom stereocenters. The third kappa shape index (κ3) is 4.94. The molecule has 1 aliphatic carbocycles. The Kier molecular flexibility index (Phi) is 7.37. The number of nitrogens with zero attached hydrogens (tertiary/aromatic N) is 6. The van der Waals surface area contributed by atoms with Gasteiger partial charge in [0.05, 0.1) is 28.5 Å². The predicted molar refractivity (Wildman–Crippen MR) is 172 cm³/mol. The van der Waals surface area contributed by atoms with E-state index in [1.54, 1.807) is 6.07 Å². The number of thiazole rings is 1. The molecule has 4 aromatic rings. The zero-order valence-electron chi connectivity index (χ0n) is 25.3. The molecule has 4 unspecified atom stereocenters. The molecule has 9 rings (SSSR count). The topological polar surface area (TPSA) is 114 Å². The lowest BCUT2D eigenvalue weighted by atomic mass is 9.91. The van der Waals surface area contributed by atoms with Gasteiger partial charge >= 0.3 is 6.01 Å². The molecular formula is C32H38F2N8O2S. The van der Waals surface area contributed by atoms with Crippen LogP contribution in [0.1, 0.15) is 57.4 Å². The van der Waals surface area contributed by atoms with Gasteiger partial charge in [-0.15, -0.1) is 0 Å². The number of methoxy groups -OCH3 is 1. The van der Waals surface area contributed by atoms with Crippen molar-refractivity contribution in [2.45, 2.75) is 81.7 Å². The fraction of sp³-hybridized carbons (Fsp3) is 0.562. The van der Waals surface area contributed by atoms with Gasteiger partial charge < -0.3 is 25.3 Å². The van der Waals surface area contributed by atoms with Crippen LogP contribution < -0.4 is 26.2 Å². The second-order valence-electron chi connectivity index (χ2n) is 13.0. The van der Waals surface area contributed by atoms with Crippen LogP contribution in [-0.4, -0.2) is 82.0 Å². The normalized spacial score (nSPS) is 26.2. The quantitative estimate of drug-likeness (QED) is 0.330. The molecule has 13 heteroatoms. The monoisotopic (exact) mass is 636 g/mol. The number of fused-ring (bicyclic) bond motifs is 5. The summed E-state index contributed by atoms with van der Waals surface area (Å²) in [4.78, 5) is 32.7. The average molecular weight is 637 g/mol. The maximum atomic E-state index is 14.6. The first-order valence-electron chi connectivity index (χ1n) is 16.1. The van der Waals surface area contributed by atoms with Crippen molar-refractivity contribution >= 4 is 43.4 Å². The molecule has 3 N–H and O–H groups in total. The van der Waals surface area contributed by atoms with Crippen LogP contribution in [0.3, 0.4) is 0 Å². The maximum Gasteiger partial charge on any atom is 0.318 e. The lowest BCUT2D eigenvalue weighted by Crippen LogP contribution is -2.52. The average Bonchev–Trinajstić information content (AvgIpc) is 3.75. The van der Waals surface area contributed by atoms with Crippen LogP contribution in [0.25, 0.3) is 32.4 Å². The number of benzene rings is 1. The summed E-state index contributed by atoms with van der Waals surface area (Å²) in [5, 5.41) is 4.30.